The summed E-state index contributed by atoms with van der Waals surface area (Å²) in [6, 6.07) is 5.86. The third kappa shape index (κ3) is 3.66. The van der Waals surface area contributed by atoms with Crippen LogP contribution in [0.25, 0.3) is 0 Å². The van der Waals surface area contributed by atoms with E-state index in [4.69, 9.17) is 9.47 Å². The third-order valence-electron chi connectivity index (χ3n) is 5.58. The van der Waals surface area contributed by atoms with Crippen molar-refractivity contribution in [2.75, 3.05) is 40.4 Å². The molecule has 2 aliphatic rings. The molecule has 3 rings (SSSR count). The van der Waals surface area contributed by atoms with Crippen LogP contribution in [-0.2, 0) is 11.2 Å². The van der Waals surface area contributed by atoms with Gasteiger partial charge < -0.3 is 19.7 Å². The Hall–Kier alpha value is -1.75. The summed E-state index contributed by atoms with van der Waals surface area (Å²) in [5.74, 6) is 1.71. The van der Waals surface area contributed by atoms with Crippen molar-refractivity contribution in [3.05, 3.63) is 23.8 Å². The van der Waals surface area contributed by atoms with E-state index in [0.717, 1.165) is 62.5 Å². The Morgan fingerprint density at radius 3 is 2.54 bits per heavy atom. The lowest BCUT2D eigenvalue weighted by Crippen LogP contribution is -2.44. The highest BCUT2D eigenvalue weighted by Crippen LogP contribution is 2.37. The second-order valence-electron chi connectivity index (χ2n) is 7.00. The van der Waals surface area contributed by atoms with Gasteiger partial charge in [-0.05, 0) is 55.3 Å². The van der Waals surface area contributed by atoms with E-state index in [0.29, 0.717) is 11.8 Å². The molecular weight excluding hydrogens is 304 g/mol. The molecule has 0 unspecified atom stereocenters. The molecule has 5 nitrogen and oxygen atoms in total. The van der Waals surface area contributed by atoms with Crippen molar-refractivity contribution >= 4 is 5.91 Å². The van der Waals surface area contributed by atoms with Crippen LogP contribution >= 0.6 is 0 Å². The molecule has 2 heterocycles. The first-order chi connectivity index (χ1) is 11.7. The SMILES string of the molecule is COc1ccc(CCC(=O)N2CCC3(CCNC3)CC2)cc1OC. The lowest BCUT2D eigenvalue weighted by Gasteiger charge is -2.39. The van der Waals surface area contributed by atoms with Crippen molar-refractivity contribution < 1.29 is 14.3 Å². The van der Waals surface area contributed by atoms with Crippen LogP contribution in [0.5, 0.6) is 11.5 Å². The molecule has 0 aromatic heterocycles. The quantitative estimate of drug-likeness (QED) is 0.898. The van der Waals surface area contributed by atoms with E-state index in [1.165, 1.54) is 6.42 Å². The molecule has 1 aromatic carbocycles. The van der Waals surface area contributed by atoms with Crippen molar-refractivity contribution in [2.24, 2.45) is 5.41 Å². The fourth-order valence-corrected chi connectivity index (χ4v) is 3.90. The van der Waals surface area contributed by atoms with Gasteiger partial charge in [-0.1, -0.05) is 6.07 Å². The summed E-state index contributed by atoms with van der Waals surface area (Å²) < 4.78 is 10.6. The second kappa shape index (κ2) is 7.43. The molecule has 1 spiro atoms. The molecule has 0 atom stereocenters. The van der Waals surface area contributed by atoms with Crippen LogP contribution < -0.4 is 14.8 Å². The van der Waals surface area contributed by atoms with Gasteiger partial charge in [0.05, 0.1) is 14.2 Å². The summed E-state index contributed by atoms with van der Waals surface area (Å²) in [6.45, 7) is 4.08. The first kappa shape index (κ1) is 17.1. The Balaban J connectivity index is 1.51. The zero-order valence-corrected chi connectivity index (χ0v) is 14.8. The molecule has 0 bridgehead atoms. The standard InChI is InChI=1S/C19H28N2O3/c1-23-16-5-3-15(13-17(16)24-2)4-6-18(22)21-11-8-19(9-12-21)7-10-20-14-19/h3,5,13,20H,4,6-12,14H2,1-2H3. The molecule has 0 aliphatic carbocycles. The number of nitrogens with zero attached hydrogens (tertiary/aromatic N) is 1. The zero-order valence-electron chi connectivity index (χ0n) is 14.8. The normalized spacial score (nSPS) is 19.5. The van der Waals surface area contributed by atoms with Crippen LogP contribution in [0.3, 0.4) is 0 Å². The summed E-state index contributed by atoms with van der Waals surface area (Å²) >= 11 is 0. The Morgan fingerprint density at radius 1 is 1.17 bits per heavy atom. The Morgan fingerprint density at radius 2 is 1.92 bits per heavy atom. The lowest BCUT2D eigenvalue weighted by molar-refractivity contribution is -0.133. The molecule has 1 aromatic rings. The number of nitrogens with one attached hydrogen (secondary N) is 1. The van der Waals surface area contributed by atoms with Gasteiger partial charge in [0.25, 0.3) is 0 Å². The molecular formula is C19H28N2O3. The van der Waals surface area contributed by atoms with Gasteiger partial charge >= 0.3 is 0 Å². The van der Waals surface area contributed by atoms with Gasteiger partial charge in [-0.2, -0.15) is 0 Å². The van der Waals surface area contributed by atoms with Crippen molar-refractivity contribution in [3.8, 4) is 11.5 Å². The second-order valence-corrected chi connectivity index (χ2v) is 7.00. The maximum Gasteiger partial charge on any atom is 0.222 e. The average Bonchev–Trinajstić information content (AvgIpc) is 3.08. The summed E-state index contributed by atoms with van der Waals surface area (Å²) in [4.78, 5) is 14.6. The maximum absolute atomic E-state index is 12.5. The molecule has 1 N–H and O–H groups in total. The predicted octanol–water partition coefficient (Wildman–Crippen LogP) is 2.24. The number of aryl methyl sites for hydroxylation is 1. The van der Waals surface area contributed by atoms with Gasteiger partial charge in [0.15, 0.2) is 11.5 Å². The van der Waals surface area contributed by atoms with Crippen LogP contribution in [-0.4, -0.2) is 51.2 Å². The molecule has 24 heavy (non-hydrogen) atoms. The average molecular weight is 332 g/mol. The maximum atomic E-state index is 12.5. The van der Waals surface area contributed by atoms with Crippen LogP contribution in [0.1, 0.15) is 31.2 Å². The molecule has 1 amide bonds. The molecule has 5 heteroatoms. The summed E-state index contributed by atoms with van der Waals surface area (Å²) in [5.41, 5.74) is 1.56. The molecule has 2 fully saturated rings. The molecule has 2 saturated heterocycles. The molecule has 0 radical (unpaired) electrons. The summed E-state index contributed by atoms with van der Waals surface area (Å²) in [5, 5.41) is 3.47. The number of amides is 1. The van der Waals surface area contributed by atoms with Gasteiger partial charge in [-0.3, -0.25) is 4.79 Å². The van der Waals surface area contributed by atoms with E-state index in [2.05, 4.69) is 5.32 Å². The van der Waals surface area contributed by atoms with Gasteiger partial charge in [-0.15, -0.1) is 0 Å². The number of hydrogen-bond donors (Lipinski definition) is 1. The van der Waals surface area contributed by atoms with Crippen molar-refractivity contribution in [1.29, 1.82) is 0 Å². The Kier molecular flexibility index (Phi) is 5.29. The molecule has 2 aliphatic heterocycles. The minimum absolute atomic E-state index is 0.269. The number of rotatable bonds is 5. The van der Waals surface area contributed by atoms with E-state index in [-0.39, 0.29) is 5.91 Å². The number of hydrogen-bond acceptors (Lipinski definition) is 4. The minimum Gasteiger partial charge on any atom is -0.493 e. The number of methoxy groups -OCH3 is 2. The highest BCUT2D eigenvalue weighted by atomic mass is 16.5. The summed E-state index contributed by atoms with van der Waals surface area (Å²) in [6.07, 6.45) is 4.84. The van der Waals surface area contributed by atoms with Gasteiger partial charge in [-0.25, -0.2) is 0 Å². The van der Waals surface area contributed by atoms with E-state index >= 15 is 0 Å². The summed E-state index contributed by atoms with van der Waals surface area (Å²) in [7, 11) is 3.26. The highest BCUT2D eigenvalue weighted by molar-refractivity contribution is 5.76. The first-order valence-electron chi connectivity index (χ1n) is 8.85. The Bertz CT molecular complexity index is 572. The van der Waals surface area contributed by atoms with E-state index in [1.807, 2.05) is 23.1 Å². The number of ether oxygens (including phenoxy) is 2. The monoisotopic (exact) mass is 332 g/mol. The van der Waals surface area contributed by atoms with Crippen molar-refractivity contribution in [3.63, 3.8) is 0 Å². The fraction of sp³-hybridized carbons (Fsp3) is 0.632. The van der Waals surface area contributed by atoms with Crippen LogP contribution in [0.4, 0.5) is 0 Å². The van der Waals surface area contributed by atoms with Crippen LogP contribution in [0.2, 0.25) is 0 Å². The third-order valence-corrected chi connectivity index (χ3v) is 5.58. The topological polar surface area (TPSA) is 50.8 Å². The van der Waals surface area contributed by atoms with Gasteiger partial charge in [0, 0.05) is 26.1 Å². The van der Waals surface area contributed by atoms with Gasteiger partial charge in [0.2, 0.25) is 5.91 Å². The molecule has 132 valence electrons. The predicted molar refractivity (Wildman–Crippen MR) is 93.6 cm³/mol. The van der Waals surface area contributed by atoms with Crippen LogP contribution in [0, 0.1) is 5.41 Å². The number of benzene rings is 1. The largest absolute Gasteiger partial charge is 0.493 e. The number of piperidine rings is 1. The smallest absolute Gasteiger partial charge is 0.222 e. The number of carbonyl (C=O) groups is 1. The highest BCUT2D eigenvalue weighted by Gasteiger charge is 2.37. The zero-order chi connectivity index (χ0) is 17.0. The van der Waals surface area contributed by atoms with E-state index in [1.54, 1.807) is 14.2 Å². The number of carbonyl (C=O) groups excluding carboxylic acids is 1. The van der Waals surface area contributed by atoms with E-state index in [9.17, 15) is 4.79 Å². The lowest BCUT2D eigenvalue weighted by atomic mass is 9.78. The first-order valence-corrected chi connectivity index (χ1v) is 8.85. The fourth-order valence-electron chi connectivity index (χ4n) is 3.90. The number of likely N-dealkylation sites (tertiary alicyclic amines) is 1. The van der Waals surface area contributed by atoms with Crippen molar-refractivity contribution in [2.45, 2.75) is 32.1 Å². The molecule has 0 saturated carbocycles. The van der Waals surface area contributed by atoms with Gasteiger partial charge in [0.1, 0.15) is 0 Å². The van der Waals surface area contributed by atoms with E-state index < -0.39 is 0 Å². The van der Waals surface area contributed by atoms with Crippen molar-refractivity contribution in [1.82, 2.24) is 10.2 Å². The van der Waals surface area contributed by atoms with Crippen LogP contribution in [0.15, 0.2) is 18.2 Å². The Labute approximate surface area is 144 Å². The minimum atomic E-state index is 0.269.